The van der Waals surface area contributed by atoms with Crippen molar-refractivity contribution in [2.24, 2.45) is 0 Å². The van der Waals surface area contributed by atoms with Crippen LogP contribution >= 0.6 is 23.4 Å². The zero-order valence-corrected chi connectivity index (χ0v) is 30.3. The first-order valence-corrected chi connectivity index (χ1v) is 19.0. The van der Waals surface area contributed by atoms with E-state index in [1.165, 1.54) is 12.5 Å². The van der Waals surface area contributed by atoms with Gasteiger partial charge in [0.05, 0.1) is 30.0 Å². The van der Waals surface area contributed by atoms with Crippen LogP contribution in [0, 0.1) is 0 Å². The number of carbonyl (C=O) groups is 1. The van der Waals surface area contributed by atoms with E-state index in [1.54, 1.807) is 18.2 Å². The molecule has 0 saturated carbocycles. The molecule has 3 aromatic rings. The van der Waals surface area contributed by atoms with Gasteiger partial charge >= 0.3 is 0 Å². The molecular formula is C38H46ClNO11S. The fourth-order valence-corrected chi connectivity index (χ4v) is 7.65. The number of ether oxygens (including phenoxy) is 6. The van der Waals surface area contributed by atoms with Gasteiger partial charge in [0.1, 0.15) is 42.7 Å². The van der Waals surface area contributed by atoms with E-state index in [2.05, 4.69) is 17.4 Å². The second-order valence-corrected chi connectivity index (χ2v) is 14.7. The van der Waals surface area contributed by atoms with Crippen LogP contribution in [0.4, 0.5) is 5.69 Å². The van der Waals surface area contributed by atoms with Crippen LogP contribution in [0.2, 0.25) is 5.02 Å². The number of aliphatic hydroxyl groups is 4. The van der Waals surface area contributed by atoms with Crippen LogP contribution in [0.15, 0.2) is 78.9 Å². The van der Waals surface area contributed by atoms with Gasteiger partial charge in [0, 0.05) is 18.2 Å². The zero-order valence-electron chi connectivity index (χ0n) is 28.7. The maximum atomic E-state index is 11.6. The first-order chi connectivity index (χ1) is 25.2. The molecule has 3 fully saturated rings. The summed E-state index contributed by atoms with van der Waals surface area (Å²) in [5.41, 5.74) is 3.08. The Kier molecular flexibility index (Phi) is 14.0. The number of nitrogens with one attached hydrogen (secondary N) is 1. The van der Waals surface area contributed by atoms with Crippen molar-refractivity contribution in [3.8, 4) is 0 Å². The minimum atomic E-state index is -1.54. The fraction of sp³-hybridized carbons (Fsp3) is 0.500. The van der Waals surface area contributed by atoms with Crippen molar-refractivity contribution in [2.45, 2.75) is 106 Å². The lowest BCUT2D eigenvalue weighted by Crippen LogP contribution is -2.65. The van der Waals surface area contributed by atoms with E-state index in [-0.39, 0.29) is 19.1 Å². The fourth-order valence-electron chi connectivity index (χ4n) is 6.51. The Labute approximate surface area is 312 Å². The minimum absolute atomic E-state index is 0.0176. The molecule has 3 aliphatic heterocycles. The summed E-state index contributed by atoms with van der Waals surface area (Å²) in [5, 5.41) is 48.0. The SMILES string of the molecule is CC(=O)Nc1cc(CO[C@@H]2O[C@H](CCCCSCc3ccccc3)[C@@H](O[C@H]3O[C@@H]4COC(c5ccccc5)O[C@H]4[C@H](O)[C@H]3O)[C@H](O)[C@H]2O)ccc1Cl. The Balaban J connectivity index is 1.10. The van der Waals surface area contributed by atoms with Crippen LogP contribution < -0.4 is 5.32 Å². The van der Waals surface area contributed by atoms with Crippen LogP contribution in [0.3, 0.4) is 0 Å². The van der Waals surface area contributed by atoms with Crippen LogP contribution in [-0.2, 0) is 45.6 Å². The van der Waals surface area contributed by atoms with Gasteiger partial charge in [0.2, 0.25) is 5.91 Å². The number of unbranched alkanes of at least 4 members (excludes halogenated alkanes) is 1. The molecule has 12 nitrogen and oxygen atoms in total. The Hall–Kier alpha value is -2.63. The summed E-state index contributed by atoms with van der Waals surface area (Å²) in [6, 6.07) is 24.5. The minimum Gasteiger partial charge on any atom is -0.387 e. The van der Waals surface area contributed by atoms with E-state index >= 15 is 0 Å². The van der Waals surface area contributed by atoms with E-state index < -0.39 is 67.7 Å². The van der Waals surface area contributed by atoms with Crippen LogP contribution in [0.5, 0.6) is 0 Å². The monoisotopic (exact) mass is 759 g/mol. The summed E-state index contributed by atoms with van der Waals surface area (Å²) < 4.78 is 36.4. The normalized spacial score (nSPS) is 31.8. The van der Waals surface area contributed by atoms with Gasteiger partial charge < -0.3 is 54.2 Å². The number of anilines is 1. The van der Waals surface area contributed by atoms with Crippen molar-refractivity contribution in [3.05, 3.63) is 101 Å². The predicted molar refractivity (Wildman–Crippen MR) is 193 cm³/mol. The van der Waals surface area contributed by atoms with E-state index in [1.807, 2.05) is 60.3 Å². The summed E-state index contributed by atoms with van der Waals surface area (Å²) in [4.78, 5) is 11.6. The maximum absolute atomic E-state index is 11.6. The van der Waals surface area contributed by atoms with Crippen molar-refractivity contribution in [2.75, 3.05) is 17.7 Å². The van der Waals surface area contributed by atoms with Gasteiger partial charge in [0.15, 0.2) is 18.9 Å². The van der Waals surface area contributed by atoms with E-state index in [0.29, 0.717) is 29.1 Å². The Bertz CT molecular complexity index is 1570. The second kappa shape index (κ2) is 18.6. The van der Waals surface area contributed by atoms with Crippen LogP contribution in [0.25, 0.3) is 0 Å². The third-order valence-corrected chi connectivity index (χ3v) is 10.7. The molecule has 0 aliphatic carbocycles. The van der Waals surface area contributed by atoms with Crippen molar-refractivity contribution < 1.29 is 53.6 Å². The van der Waals surface area contributed by atoms with Gasteiger partial charge in [-0.2, -0.15) is 11.8 Å². The van der Waals surface area contributed by atoms with Crippen molar-refractivity contribution in [3.63, 3.8) is 0 Å². The van der Waals surface area contributed by atoms with Gasteiger partial charge in [-0.05, 0) is 48.3 Å². The molecule has 6 rings (SSSR count). The Morgan fingerprint density at radius 3 is 2.35 bits per heavy atom. The van der Waals surface area contributed by atoms with Gasteiger partial charge in [0.25, 0.3) is 0 Å². The number of thioether (sulfide) groups is 1. The number of aliphatic hydroxyl groups excluding tert-OH is 4. The number of hydrogen-bond donors (Lipinski definition) is 5. The lowest BCUT2D eigenvalue weighted by molar-refractivity contribution is -0.385. The third kappa shape index (κ3) is 9.91. The maximum Gasteiger partial charge on any atom is 0.221 e. The number of benzene rings is 3. The summed E-state index contributed by atoms with van der Waals surface area (Å²) >= 11 is 8.04. The van der Waals surface area contributed by atoms with Gasteiger partial charge in [-0.15, -0.1) is 0 Å². The molecule has 14 heteroatoms. The van der Waals surface area contributed by atoms with Gasteiger partial charge in [-0.1, -0.05) is 78.3 Å². The number of fused-ring (bicyclic) bond motifs is 1. The molecule has 0 aromatic heterocycles. The van der Waals surface area contributed by atoms with Gasteiger partial charge in [-0.3, -0.25) is 4.79 Å². The number of rotatable bonds is 14. The van der Waals surface area contributed by atoms with Crippen molar-refractivity contribution >= 4 is 35.0 Å². The Morgan fingerprint density at radius 1 is 0.865 bits per heavy atom. The standard InChI is InChI=1S/C38H46ClNO11S/c1-22(41)40-27-18-24(15-16-26(27)39)19-46-37-32(44)30(42)34(28(48-37)14-8-9-17-52-21-23-10-4-2-5-11-23)51-38-33(45)31(43)35-29(49-38)20-47-36(50-35)25-12-6-3-7-13-25/h2-7,10-13,15-16,18,28-38,42-45H,8-9,14,17,19-21H2,1H3,(H,40,41)/t28-,29-,30-,31-,32-,33-,34-,35-,36?,37-,38-/m1/s1. The van der Waals surface area contributed by atoms with Crippen LogP contribution in [0.1, 0.15) is 49.2 Å². The molecule has 11 atom stereocenters. The highest BCUT2D eigenvalue weighted by Crippen LogP contribution is 2.37. The molecule has 3 aromatic carbocycles. The molecule has 0 radical (unpaired) electrons. The molecular weight excluding hydrogens is 714 g/mol. The molecule has 1 unspecified atom stereocenters. The Morgan fingerprint density at radius 2 is 1.60 bits per heavy atom. The topological polar surface area (TPSA) is 165 Å². The molecule has 3 aliphatic rings. The van der Waals surface area contributed by atoms with E-state index in [9.17, 15) is 25.2 Å². The molecule has 3 heterocycles. The largest absolute Gasteiger partial charge is 0.387 e. The summed E-state index contributed by atoms with van der Waals surface area (Å²) in [5.74, 6) is 1.51. The highest BCUT2D eigenvalue weighted by atomic mass is 35.5. The highest BCUT2D eigenvalue weighted by molar-refractivity contribution is 7.98. The quantitative estimate of drug-likeness (QED) is 0.148. The molecule has 3 saturated heterocycles. The lowest BCUT2D eigenvalue weighted by Gasteiger charge is -2.49. The predicted octanol–water partition coefficient (Wildman–Crippen LogP) is 4.31. The molecule has 0 bridgehead atoms. The lowest BCUT2D eigenvalue weighted by atomic mass is 9.94. The summed E-state index contributed by atoms with van der Waals surface area (Å²) in [6.45, 7) is 1.42. The third-order valence-electron chi connectivity index (χ3n) is 9.23. The number of amides is 1. The summed E-state index contributed by atoms with van der Waals surface area (Å²) in [6.07, 6.45) is -10.9. The number of carbonyl (C=O) groups excluding carboxylic acids is 1. The number of hydrogen-bond acceptors (Lipinski definition) is 12. The second-order valence-electron chi connectivity index (χ2n) is 13.2. The average molecular weight is 760 g/mol. The van der Waals surface area contributed by atoms with E-state index in [0.717, 1.165) is 23.5 Å². The smallest absolute Gasteiger partial charge is 0.221 e. The van der Waals surface area contributed by atoms with Crippen molar-refractivity contribution in [1.82, 2.24) is 0 Å². The highest BCUT2D eigenvalue weighted by Gasteiger charge is 2.53. The molecule has 5 N–H and O–H groups in total. The number of halogens is 1. The molecule has 1 amide bonds. The van der Waals surface area contributed by atoms with Gasteiger partial charge in [-0.25, -0.2) is 0 Å². The first-order valence-electron chi connectivity index (χ1n) is 17.5. The zero-order chi connectivity index (χ0) is 36.6. The average Bonchev–Trinajstić information content (AvgIpc) is 3.15. The molecule has 0 spiro atoms. The van der Waals surface area contributed by atoms with E-state index in [4.69, 9.17) is 40.0 Å². The van der Waals surface area contributed by atoms with Crippen molar-refractivity contribution in [1.29, 1.82) is 0 Å². The summed E-state index contributed by atoms with van der Waals surface area (Å²) in [7, 11) is 0. The molecule has 52 heavy (non-hydrogen) atoms. The molecule has 282 valence electrons. The first kappa shape index (κ1) is 39.1. The van der Waals surface area contributed by atoms with Crippen LogP contribution in [-0.4, -0.2) is 100 Å².